The molecule has 2 N–H and O–H groups in total. The molecule has 0 atom stereocenters. The second-order valence-electron chi connectivity index (χ2n) is 4.51. The van der Waals surface area contributed by atoms with E-state index in [1.54, 1.807) is 0 Å². The maximum absolute atomic E-state index is 8.82. The van der Waals surface area contributed by atoms with Crippen LogP contribution < -0.4 is 0 Å². The molecule has 0 saturated heterocycles. The molecule has 0 saturated carbocycles. The highest BCUT2D eigenvalue weighted by molar-refractivity contribution is 8.06. The highest BCUT2D eigenvalue weighted by Gasteiger charge is 2.05. The van der Waals surface area contributed by atoms with E-state index in [9.17, 15) is 0 Å². The topological polar surface area (TPSA) is 49.7 Å². The predicted molar refractivity (Wildman–Crippen MR) is 76.5 cm³/mol. The molecule has 0 heterocycles. The van der Waals surface area contributed by atoms with E-state index in [1.807, 2.05) is 0 Å². The van der Waals surface area contributed by atoms with Crippen molar-refractivity contribution in [1.82, 2.24) is 0 Å². The predicted octanol–water partition coefficient (Wildman–Crippen LogP) is 4.13. The fourth-order valence-corrected chi connectivity index (χ4v) is 2.36. The minimum atomic E-state index is -3.41. The van der Waals surface area contributed by atoms with Crippen molar-refractivity contribution in [1.29, 1.82) is 0 Å². The van der Waals surface area contributed by atoms with Crippen molar-refractivity contribution < 1.29 is 14.3 Å². The first-order valence-corrected chi connectivity index (χ1v) is 9.39. The molecule has 0 amide bonds. The van der Waals surface area contributed by atoms with Gasteiger partial charge < -0.3 is 14.3 Å². The molecule has 0 aliphatic heterocycles. The number of hydrogen-bond donors (Lipinski definition) is 2. The van der Waals surface area contributed by atoms with Crippen LogP contribution in [-0.4, -0.2) is 16.4 Å². The van der Waals surface area contributed by atoms with Crippen molar-refractivity contribution in [2.75, 3.05) is 6.61 Å². The maximum atomic E-state index is 8.82. The SMILES string of the molecule is CCCCCCCCCCCCOP(O)(O)=S. The Morgan fingerprint density at radius 3 is 1.65 bits per heavy atom. The third-order valence-electron chi connectivity index (χ3n) is 2.76. The van der Waals surface area contributed by atoms with Crippen LogP contribution in [0.5, 0.6) is 0 Å². The van der Waals surface area contributed by atoms with E-state index in [0.717, 1.165) is 12.8 Å². The van der Waals surface area contributed by atoms with E-state index >= 15 is 0 Å². The van der Waals surface area contributed by atoms with Crippen molar-refractivity contribution in [3.63, 3.8) is 0 Å². The number of unbranched alkanes of at least 4 members (excludes halogenated alkanes) is 9. The minimum Gasteiger partial charge on any atom is -0.325 e. The van der Waals surface area contributed by atoms with Gasteiger partial charge in [-0.25, -0.2) is 0 Å². The summed E-state index contributed by atoms with van der Waals surface area (Å²) in [5, 5.41) is 0. The molecule has 0 aliphatic rings. The Morgan fingerprint density at radius 2 is 1.24 bits per heavy atom. The molecular formula is C12H27O3PS. The highest BCUT2D eigenvalue weighted by atomic mass is 32.5. The summed E-state index contributed by atoms with van der Waals surface area (Å²) in [7, 11) is 0. The van der Waals surface area contributed by atoms with E-state index in [1.165, 1.54) is 51.4 Å². The highest BCUT2D eigenvalue weighted by Crippen LogP contribution is 2.36. The molecule has 3 nitrogen and oxygen atoms in total. The minimum absolute atomic E-state index is 0.376. The van der Waals surface area contributed by atoms with E-state index in [0.29, 0.717) is 6.61 Å². The molecular weight excluding hydrogens is 255 g/mol. The largest absolute Gasteiger partial charge is 0.325 e. The van der Waals surface area contributed by atoms with Gasteiger partial charge in [-0.1, -0.05) is 64.7 Å². The normalized spacial score (nSPS) is 11.9. The smallest absolute Gasteiger partial charge is 0.321 e. The Bertz CT molecular complexity index is 206. The van der Waals surface area contributed by atoms with Gasteiger partial charge in [0.05, 0.1) is 6.61 Å². The molecule has 0 aromatic heterocycles. The summed E-state index contributed by atoms with van der Waals surface area (Å²) in [4.78, 5) is 17.6. The van der Waals surface area contributed by atoms with Crippen LogP contribution in [0.2, 0.25) is 0 Å². The lowest BCUT2D eigenvalue weighted by molar-refractivity contribution is 0.245. The van der Waals surface area contributed by atoms with Crippen LogP contribution in [0.4, 0.5) is 0 Å². The third-order valence-corrected chi connectivity index (χ3v) is 3.59. The number of rotatable bonds is 12. The van der Waals surface area contributed by atoms with Gasteiger partial charge in [-0.2, -0.15) is 0 Å². The molecule has 0 bridgehead atoms. The molecule has 104 valence electrons. The summed E-state index contributed by atoms with van der Waals surface area (Å²) in [5.74, 6) is 0. The summed E-state index contributed by atoms with van der Waals surface area (Å²) in [6, 6.07) is 0. The molecule has 5 heteroatoms. The van der Waals surface area contributed by atoms with Crippen LogP contribution in [0.15, 0.2) is 0 Å². The van der Waals surface area contributed by atoms with Gasteiger partial charge in [0.1, 0.15) is 0 Å². The van der Waals surface area contributed by atoms with Crippen LogP contribution in [0, 0.1) is 0 Å². The van der Waals surface area contributed by atoms with Crippen LogP contribution in [0.25, 0.3) is 0 Å². The zero-order valence-corrected chi connectivity index (χ0v) is 12.6. The van der Waals surface area contributed by atoms with Crippen LogP contribution >= 0.6 is 6.72 Å². The van der Waals surface area contributed by atoms with Gasteiger partial charge in [-0.3, -0.25) is 0 Å². The quantitative estimate of drug-likeness (QED) is 0.417. The van der Waals surface area contributed by atoms with Crippen LogP contribution in [-0.2, 0) is 16.3 Å². The van der Waals surface area contributed by atoms with Gasteiger partial charge in [-0.05, 0) is 18.2 Å². The fraction of sp³-hybridized carbons (Fsp3) is 1.00. The third kappa shape index (κ3) is 16.5. The average Bonchev–Trinajstić information content (AvgIpc) is 2.24. The maximum Gasteiger partial charge on any atom is 0.321 e. The standard InChI is InChI=1S/C12H27O3PS/c1-2-3-4-5-6-7-8-9-10-11-12-15-16(13,14)17/h2-12H2,1H3,(H2,13,14,17). The van der Waals surface area contributed by atoms with Crippen molar-refractivity contribution >= 4 is 18.5 Å². The second kappa shape index (κ2) is 11.6. The van der Waals surface area contributed by atoms with E-state index in [-0.39, 0.29) is 0 Å². The van der Waals surface area contributed by atoms with Crippen molar-refractivity contribution in [3.8, 4) is 0 Å². The Balaban J connectivity index is 3.01. The molecule has 0 aromatic rings. The molecule has 0 fully saturated rings. The van der Waals surface area contributed by atoms with Crippen molar-refractivity contribution in [2.45, 2.75) is 71.1 Å². The summed E-state index contributed by atoms with van der Waals surface area (Å²) in [5.41, 5.74) is 0. The Labute approximate surface area is 111 Å². The Hall–Kier alpha value is 0.530. The summed E-state index contributed by atoms with van der Waals surface area (Å²) in [6.07, 6.45) is 12.5. The zero-order valence-electron chi connectivity index (χ0n) is 10.9. The molecule has 0 unspecified atom stereocenters. The average molecular weight is 282 g/mol. The molecule has 0 aromatic carbocycles. The van der Waals surface area contributed by atoms with Gasteiger partial charge >= 0.3 is 6.72 Å². The van der Waals surface area contributed by atoms with Crippen LogP contribution in [0.3, 0.4) is 0 Å². The number of hydrogen-bond acceptors (Lipinski definition) is 2. The lowest BCUT2D eigenvalue weighted by Gasteiger charge is -2.07. The van der Waals surface area contributed by atoms with E-state index in [2.05, 4.69) is 18.7 Å². The molecule has 0 radical (unpaired) electrons. The zero-order chi connectivity index (χ0) is 13.0. The Morgan fingerprint density at radius 1 is 0.824 bits per heavy atom. The first kappa shape index (κ1) is 17.5. The summed E-state index contributed by atoms with van der Waals surface area (Å²) in [6.45, 7) is -0.797. The summed E-state index contributed by atoms with van der Waals surface area (Å²) < 4.78 is 4.74. The molecule has 17 heavy (non-hydrogen) atoms. The van der Waals surface area contributed by atoms with Gasteiger partial charge in [0, 0.05) is 0 Å². The summed E-state index contributed by atoms with van der Waals surface area (Å²) >= 11 is 4.35. The van der Waals surface area contributed by atoms with Gasteiger partial charge in [-0.15, -0.1) is 0 Å². The second-order valence-corrected chi connectivity index (χ2v) is 7.17. The molecule has 0 rings (SSSR count). The fourth-order valence-electron chi connectivity index (χ4n) is 1.77. The van der Waals surface area contributed by atoms with E-state index in [4.69, 9.17) is 14.3 Å². The Kier molecular flexibility index (Phi) is 12.0. The van der Waals surface area contributed by atoms with Gasteiger partial charge in [0.2, 0.25) is 0 Å². The lowest BCUT2D eigenvalue weighted by atomic mass is 10.1. The van der Waals surface area contributed by atoms with Gasteiger partial charge in [0.15, 0.2) is 0 Å². The monoisotopic (exact) mass is 282 g/mol. The van der Waals surface area contributed by atoms with Gasteiger partial charge in [0.25, 0.3) is 0 Å². The first-order chi connectivity index (χ1) is 8.06. The molecule has 0 spiro atoms. The van der Waals surface area contributed by atoms with Crippen molar-refractivity contribution in [3.05, 3.63) is 0 Å². The molecule has 0 aliphatic carbocycles. The first-order valence-electron chi connectivity index (χ1n) is 6.76. The van der Waals surface area contributed by atoms with Crippen molar-refractivity contribution in [2.24, 2.45) is 0 Å². The van der Waals surface area contributed by atoms with Crippen LogP contribution in [0.1, 0.15) is 71.1 Å². The van der Waals surface area contributed by atoms with E-state index < -0.39 is 6.72 Å². The lowest BCUT2D eigenvalue weighted by Crippen LogP contribution is -1.92.